The molecule has 1 saturated heterocycles. The topological polar surface area (TPSA) is 134 Å². The smallest absolute Gasteiger partial charge is 0.322 e. The minimum absolute atomic E-state index is 0.0334. The fourth-order valence-electron chi connectivity index (χ4n) is 3.89. The Hall–Kier alpha value is -4.21. The number of amides is 4. The van der Waals surface area contributed by atoms with Crippen LogP contribution in [-0.2, 0) is 28.2 Å². The van der Waals surface area contributed by atoms with E-state index < -0.39 is 39.7 Å². The monoisotopic (exact) mass is 570 g/mol. The SMILES string of the molecule is Cn1ncc2ccc(N(Cc3ccc(C(=O)NNC(=O)C(F)(F)F)cc3F)C(=O)N3CCS(=O)(=O)CC3)cc21. The number of nitrogens with one attached hydrogen (secondary N) is 2. The van der Waals surface area contributed by atoms with Gasteiger partial charge < -0.3 is 4.90 Å². The molecule has 4 rings (SSSR count). The summed E-state index contributed by atoms with van der Waals surface area (Å²) in [5.74, 6) is -4.96. The molecule has 1 aliphatic heterocycles. The van der Waals surface area contributed by atoms with Crippen molar-refractivity contribution in [1.29, 1.82) is 0 Å². The van der Waals surface area contributed by atoms with Crippen molar-refractivity contribution in [3.05, 3.63) is 59.5 Å². The molecule has 0 unspecified atom stereocenters. The number of aryl methyl sites for hydroxylation is 1. The quantitative estimate of drug-likeness (QED) is 0.364. The Morgan fingerprint density at radius 3 is 2.38 bits per heavy atom. The van der Waals surface area contributed by atoms with Gasteiger partial charge in [0.25, 0.3) is 5.91 Å². The first kappa shape index (κ1) is 27.8. The summed E-state index contributed by atoms with van der Waals surface area (Å²) in [4.78, 5) is 39.1. The summed E-state index contributed by atoms with van der Waals surface area (Å²) < 4.78 is 77.3. The summed E-state index contributed by atoms with van der Waals surface area (Å²) in [6, 6.07) is 7.51. The van der Waals surface area contributed by atoms with Gasteiger partial charge in [0.05, 0.1) is 29.8 Å². The molecule has 1 aliphatic rings. The lowest BCUT2D eigenvalue weighted by atomic mass is 10.1. The Balaban J connectivity index is 1.59. The predicted molar refractivity (Wildman–Crippen MR) is 131 cm³/mol. The average Bonchev–Trinajstić information content (AvgIpc) is 3.25. The van der Waals surface area contributed by atoms with Gasteiger partial charge in [-0.3, -0.25) is 30.0 Å². The maximum atomic E-state index is 15.1. The van der Waals surface area contributed by atoms with Crippen LogP contribution in [0.3, 0.4) is 0 Å². The fraction of sp³-hybridized carbons (Fsp3) is 0.304. The number of urea groups is 1. The van der Waals surface area contributed by atoms with Crippen LogP contribution in [-0.4, -0.2) is 71.7 Å². The summed E-state index contributed by atoms with van der Waals surface area (Å²) in [6.07, 6.45) is -3.60. The van der Waals surface area contributed by atoms with E-state index in [1.165, 1.54) is 21.3 Å². The highest BCUT2D eigenvalue weighted by Crippen LogP contribution is 2.26. The minimum atomic E-state index is -5.23. The first-order chi connectivity index (χ1) is 18.2. The number of aromatic nitrogens is 2. The number of halogens is 4. The molecule has 0 aliphatic carbocycles. The van der Waals surface area contributed by atoms with E-state index in [0.29, 0.717) is 11.2 Å². The van der Waals surface area contributed by atoms with Crippen LogP contribution in [0.2, 0.25) is 0 Å². The molecule has 1 fully saturated rings. The zero-order valence-electron chi connectivity index (χ0n) is 20.3. The molecule has 0 spiro atoms. The maximum absolute atomic E-state index is 15.1. The third kappa shape index (κ3) is 6.27. The number of sulfone groups is 1. The van der Waals surface area contributed by atoms with Crippen LogP contribution in [0.25, 0.3) is 10.9 Å². The van der Waals surface area contributed by atoms with Crippen LogP contribution in [0.15, 0.2) is 42.6 Å². The number of fused-ring (bicyclic) bond motifs is 1. The number of rotatable bonds is 4. The van der Waals surface area contributed by atoms with Crippen molar-refractivity contribution in [2.45, 2.75) is 12.7 Å². The summed E-state index contributed by atoms with van der Waals surface area (Å²) in [5.41, 5.74) is 3.38. The molecule has 1 aromatic heterocycles. The summed E-state index contributed by atoms with van der Waals surface area (Å²) >= 11 is 0. The predicted octanol–water partition coefficient (Wildman–Crippen LogP) is 1.89. The van der Waals surface area contributed by atoms with E-state index in [-0.39, 0.29) is 42.3 Å². The number of carbonyl (C=O) groups is 3. The molecule has 16 heteroatoms. The van der Waals surface area contributed by atoms with E-state index in [0.717, 1.165) is 17.5 Å². The molecule has 39 heavy (non-hydrogen) atoms. The number of anilines is 1. The minimum Gasteiger partial charge on any atom is -0.322 e. The average molecular weight is 571 g/mol. The molecule has 208 valence electrons. The van der Waals surface area contributed by atoms with Gasteiger partial charge in [0.15, 0.2) is 9.84 Å². The zero-order valence-corrected chi connectivity index (χ0v) is 21.1. The highest BCUT2D eigenvalue weighted by molar-refractivity contribution is 7.91. The zero-order chi connectivity index (χ0) is 28.5. The molecule has 0 atom stereocenters. The van der Waals surface area contributed by atoms with Gasteiger partial charge in [-0.2, -0.15) is 18.3 Å². The van der Waals surface area contributed by atoms with Gasteiger partial charge in [0, 0.05) is 42.3 Å². The third-order valence-electron chi connectivity index (χ3n) is 6.08. The standard InChI is InChI=1S/C23H22F4N6O5S/c1-31-19-11-17(5-4-15(19)12-28-31)33(22(36)32-6-8-39(37,38)9-7-32)13-16-3-2-14(10-18(16)24)20(34)29-30-21(35)23(25,26)27/h2-5,10-12H,6-9,13H2,1H3,(H,29,34)(H,30,35). The van der Waals surface area contributed by atoms with Crippen molar-refractivity contribution in [3.63, 3.8) is 0 Å². The number of benzene rings is 2. The molecule has 0 saturated carbocycles. The Bertz CT molecular complexity index is 1540. The van der Waals surface area contributed by atoms with Crippen molar-refractivity contribution in [2.75, 3.05) is 29.5 Å². The highest BCUT2D eigenvalue weighted by Gasteiger charge is 2.39. The molecule has 11 nitrogen and oxygen atoms in total. The summed E-state index contributed by atoms with van der Waals surface area (Å²) in [5, 5.41) is 4.95. The second kappa shape index (κ2) is 10.5. The van der Waals surface area contributed by atoms with E-state index in [4.69, 9.17) is 0 Å². The van der Waals surface area contributed by atoms with Crippen LogP contribution in [0.4, 0.5) is 28.0 Å². The number of hydrogen-bond donors (Lipinski definition) is 2. The normalized spacial score (nSPS) is 15.2. The van der Waals surface area contributed by atoms with Crippen molar-refractivity contribution < 1.29 is 40.4 Å². The largest absolute Gasteiger partial charge is 0.472 e. The van der Waals surface area contributed by atoms with Gasteiger partial charge in [0.1, 0.15) is 5.82 Å². The lowest BCUT2D eigenvalue weighted by molar-refractivity contribution is -0.174. The van der Waals surface area contributed by atoms with Gasteiger partial charge in [-0.05, 0) is 30.3 Å². The van der Waals surface area contributed by atoms with Crippen molar-refractivity contribution >= 4 is 44.3 Å². The first-order valence-corrected chi connectivity index (χ1v) is 13.2. The van der Waals surface area contributed by atoms with Crippen molar-refractivity contribution in [3.8, 4) is 0 Å². The van der Waals surface area contributed by atoms with Crippen LogP contribution in [0.1, 0.15) is 15.9 Å². The molecule has 0 bridgehead atoms. The molecule has 3 aromatic rings. The Kier molecular flexibility index (Phi) is 7.50. The van der Waals surface area contributed by atoms with Crippen molar-refractivity contribution in [1.82, 2.24) is 25.5 Å². The van der Waals surface area contributed by atoms with Crippen LogP contribution in [0.5, 0.6) is 0 Å². The van der Waals surface area contributed by atoms with E-state index in [1.807, 2.05) is 0 Å². The van der Waals surface area contributed by atoms with Gasteiger partial charge in [-0.25, -0.2) is 17.6 Å². The third-order valence-corrected chi connectivity index (χ3v) is 7.69. The number of hydrazine groups is 1. The van der Waals surface area contributed by atoms with Gasteiger partial charge in [-0.15, -0.1) is 0 Å². The summed E-state index contributed by atoms with van der Waals surface area (Å²) in [6.45, 7) is -0.405. The molecular weight excluding hydrogens is 548 g/mol. The van der Waals surface area contributed by atoms with E-state index in [9.17, 15) is 36.0 Å². The van der Waals surface area contributed by atoms with Crippen molar-refractivity contribution in [2.24, 2.45) is 7.05 Å². The Morgan fingerprint density at radius 1 is 1.05 bits per heavy atom. The van der Waals surface area contributed by atoms with Gasteiger partial charge >= 0.3 is 18.1 Å². The van der Waals surface area contributed by atoms with Crippen LogP contribution >= 0.6 is 0 Å². The second-order valence-electron chi connectivity index (χ2n) is 8.73. The molecule has 2 aromatic carbocycles. The fourth-order valence-corrected chi connectivity index (χ4v) is 5.09. The number of carbonyl (C=O) groups excluding carboxylic acids is 3. The second-order valence-corrected chi connectivity index (χ2v) is 11.0. The molecule has 2 heterocycles. The molecule has 4 amide bonds. The van der Waals surface area contributed by atoms with Gasteiger partial charge in [0.2, 0.25) is 0 Å². The maximum Gasteiger partial charge on any atom is 0.472 e. The molecule has 2 N–H and O–H groups in total. The van der Waals surface area contributed by atoms with Crippen LogP contribution in [0, 0.1) is 5.82 Å². The highest BCUT2D eigenvalue weighted by atomic mass is 32.2. The number of nitrogens with zero attached hydrogens (tertiary/aromatic N) is 4. The Morgan fingerprint density at radius 2 is 1.74 bits per heavy atom. The lowest BCUT2D eigenvalue weighted by Gasteiger charge is -2.33. The summed E-state index contributed by atoms with van der Waals surface area (Å²) in [7, 11) is -1.57. The number of hydrogen-bond acceptors (Lipinski definition) is 6. The molecular formula is C23H22F4N6O5S. The van der Waals surface area contributed by atoms with E-state index >= 15 is 4.39 Å². The molecule has 0 radical (unpaired) electrons. The number of alkyl halides is 3. The first-order valence-electron chi connectivity index (χ1n) is 11.4. The van der Waals surface area contributed by atoms with Gasteiger partial charge in [-0.1, -0.05) is 6.07 Å². The van der Waals surface area contributed by atoms with Crippen LogP contribution < -0.4 is 15.8 Å². The van der Waals surface area contributed by atoms with E-state index in [2.05, 4.69) is 5.10 Å². The lowest BCUT2D eigenvalue weighted by Crippen LogP contribution is -2.49. The van der Waals surface area contributed by atoms with E-state index in [1.54, 1.807) is 41.6 Å². The Labute approximate surface area is 219 Å².